The van der Waals surface area contributed by atoms with Gasteiger partial charge in [-0.3, -0.25) is 9.69 Å². The van der Waals surface area contributed by atoms with Crippen molar-refractivity contribution >= 4 is 23.2 Å². The lowest BCUT2D eigenvalue weighted by molar-refractivity contribution is 0.0958. The van der Waals surface area contributed by atoms with Crippen LogP contribution in [0.5, 0.6) is 11.5 Å². The number of amides is 1. The number of carbonyl (C=O) groups excluding carboxylic acids is 1. The van der Waals surface area contributed by atoms with Gasteiger partial charge >= 0.3 is 0 Å². The second kappa shape index (κ2) is 10.3. The number of rotatable bonds is 6. The zero-order valence-electron chi connectivity index (χ0n) is 19.0. The van der Waals surface area contributed by atoms with Gasteiger partial charge in [0.1, 0.15) is 11.5 Å². The number of hydrogen-bond donors (Lipinski definition) is 1. The fourth-order valence-electron chi connectivity index (χ4n) is 4.33. The molecule has 4 rings (SSSR count). The number of benzene rings is 3. The van der Waals surface area contributed by atoms with Crippen LogP contribution in [0.3, 0.4) is 0 Å². The predicted molar refractivity (Wildman–Crippen MR) is 132 cm³/mol. The number of phenols is 1. The van der Waals surface area contributed by atoms with Gasteiger partial charge in [0, 0.05) is 47.5 Å². The molecule has 172 valence electrons. The number of anilines is 1. The van der Waals surface area contributed by atoms with Gasteiger partial charge in [0.2, 0.25) is 0 Å². The van der Waals surface area contributed by atoms with E-state index in [1.165, 1.54) is 0 Å². The van der Waals surface area contributed by atoms with Gasteiger partial charge in [-0.15, -0.1) is 0 Å². The van der Waals surface area contributed by atoms with E-state index in [9.17, 15) is 9.90 Å². The van der Waals surface area contributed by atoms with E-state index in [0.717, 1.165) is 48.5 Å². The van der Waals surface area contributed by atoms with E-state index >= 15 is 0 Å². The Morgan fingerprint density at radius 2 is 1.73 bits per heavy atom. The first-order valence-corrected chi connectivity index (χ1v) is 11.6. The van der Waals surface area contributed by atoms with Gasteiger partial charge in [-0.05, 0) is 74.4 Å². The summed E-state index contributed by atoms with van der Waals surface area (Å²) in [5.41, 5.74) is 3.50. The second-order valence-corrected chi connectivity index (χ2v) is 8.96. The zero-order chi connectivity index (χ0) is 23.4. The number of piperidine rings is 1. The number of aromatic hydroxyl groups is 1. The van der Waals surface area contributed by atoms with Gasteiger partial charge in [0.25, 0.3) is 5.91 Å². The summed E-state index contributed by atoms with van der Waals surface area (Å²) in [6.45, 7) is 4.30. The molecule has 1 amide bonds. The summed E-state index contributed by atoms with van der Waals surface area (Å²) >= 11 is 6.11. The van der Waals surface area contributed by atoms with E-state index in [4.69, 9.17) is 16.3 Å². The molecule has 0 aliphatic carbocycles. The highest BCUT2D eigenvalue weighted by Crippen LogP contribution is 2.29. The van der Waals surface area contributed by atoms with E-state index in [2.05, 4.69) is 4.90 Å². The molecule has 0 spiro atoms. The number of aryl methyl sites for hydroxylation is 1. The first-order valence-electron chi connectivity index (χ1n) is 11.2. The van der Waals surface area contributed by atoms with Gasteiger partial charge in [0.15, 0.2) is 0 Å². The van der Waals surface area contributed by atoms with E-state index < -0.39 is 0 Å². The molecule has 33 heavy (non-hydrogen) atoms. The van der Waals surface area contributed by atoms with Crippen molar-refractivity contribution in [3.8, 4) is 11.5 Å². The maximum atomic E-state index is 13.6. The molecule has 1 fully saturated rings. The summed E-state index contributed by atoms with van der Waals surface area (Å²) in [5, 5.41) is 10.8. The maximum Gasteiger partial charge on any atom is 0.258 e. The molecule has 1 aliphatic rings. The molecule has 1 saturated heterocycles. The van der Waals surface area contributed by atoms with Crippen LogP contribution >= 0.6 is 11.6 Å². The lowest BCUT2D eigenvalue weighted by Crippen LogP contribution is -2.47. The molecule has 0 saturated carbocycles. The summed E-state index contributed by atoms with van der Waals surface area (Å²) in [6, 6.07) is 20.6. The van der Waals surface area contributed by atoms with Crippen LogP contribution in [0.2, 0.25) is 5.02 Å². The quantitative estimate of drug-likeness (QED) is 0.510. The average molecular weight is 465 g/mol. The minimum atomic E-state index is 0.00565. The van der Waals surface area contributed by atoms with Crippen molar-refractivity contribution in [1.29, 1.82) is 0 Å². The number of ether oxygens (including phenoxy) is 1. The highest BCUT2D eigenvalue weighted by atomic mass is 35.5. The summed E-state index contributed by atoms with van der Waals surface area (Å²) in [5.74, 6) is 1.03. The Bertz CT molecular complexity index is 1090. The molecule has 1 N–H and O–H groups in total. The van der Waals surface area contributed by atoms with Gasteiger partial charge in [-0.2, -0.15) is 0 Å². The summed E-state index contributed by atoms with van der Waals surface area (Å²) < 4.78 is 5.30. The number of hydrogen-bond acceptors (Lipinski definition) is 4. The number of phenolic OH excluding ortho intramolecular Hbond substituents is 1. The van der Waals surface area contributed by atoms with Gasteiger partial charge in [0.05, 0.1) is 7.11 Å². The van der Waals surface area contributed by atoms with E-state index in [-0.39, 0.29) is 17.7 Å². The van der Waals surface area contributed by atoms with Crippen molar-refractivity contribution in [2.24, 2.45) is 0 Å². The normalized spacial score (nSPS) is 14.8. The fourth-order valence-corrected chi connectivity index (χ4v) is 4.52. The molecule has 0 bridgehead atoms. The van der Waals surface area contributed by atoms with Crippen molar-refractivity contribution in [1.82, 2.24) is 4.90 Å². The van der Waals surface area contributed by atoms with Crippen LogP contribution in [0, 0.1) is 6.92 Å². The zero-order valence-corrected chi connectivity index (χ0v) is 19.8. The number of carbonyl (C=O) groups is 1. The fraction of sp³-hybridized carbons (Fsp3) is 0.296. The third-order valence-corrected chi connectivity index (χ3v) is 6.46. The van der Waals surface area contributed by atoms with Crippen LogP contribution in [0.25, 0.3) is 0 Å². The van der Waals surface area contributed by atoms with Gasteiger partial charge in [-0.1, -0.05) is 29.3 Å². The van der Waals surface area contributed by atoms with Crippen LogP contribution in [-0.2, 0) is 6.54 Å². The Labute approximate surface area is 200 Å². The number of nitrogens with zero attached hydrogens (tertiary/aromatic N) is 2. The first-order chi connectivity index (χ1) is 15.9. The van der Waals surface area contributed by atoms with Crippen LogP contribution in [-0.4, -0.2) is 42.2 Å². The maximum absolute atomic E-state index is 13.6. The van der Waals surface area contributed by atoms with Gasteiger partial charge in [-0.25, -0.2) is 0 Å². The van der Waals surface area contributed by atoms with Gasteiger partial charge < -0.3 is 14.7 Å². The minimum absolute atomic E-state index is 0.00565. The van der Waals surface area contributed by atoms with Crippen LogP contribution in [0.4, 0.5) is 5.69 Å². The molecule has 0 atom stereocenters. The predicted octanol–water partition coefficient (Wildman–Crippen LogP) is 5.67. The Morgan fingerprint density at radius 1 is 1.06 bits per heavy atom. The second-order valence-electron chi connectivity index (χ2n) is 8.52. The smallest absolute Gasteiger partial charge is 0.258 e. The monoisotopic (exact) mass is 464 g/mol. The Morgan fingerprint density at radius 3 is 2.36 bits per heavy atom. The molecule has 3 aromatic carbocycles. The molecular weight excluding hydrogens is 436 g/mol. The average Bonchev–Trinajstić information content (AvgIpc) is 2.83. The highest BCUT2D eigenvalue weighted by Gasteiger charge is 2.30. The molecule has 0 radical (unpaired) electrons. The standard InChI is InChI=1S/C27H29ClN2O3/c1-19-3-5-20(6-4-19)27(32)30(23-8-10-25(33-2)11-9-23)24-13-15-29(16-14-24)18-21-17-22(28)7-12-26(21)31/h3-12,17,24,31H,13-16,18H2,1-2H3. The number of halogens is 1. The number of likely N-dealkylation sites (tertiary alicyclic amines) is 1. The van der Waals surface area contributed by atoms with Crippen molar-refractivity contribution in [3.63, 3.8) is 0 Å². The van der Waals surface area contributed by atoms with Crippen molar-refractivity contribution in [3.05, 3.63) is 88.4 Å². The molecule has 3 aromatic rings. The molecule has 0 unspecified atom stereocenters. The van der Waals surface area contributed by atoms with E-state index in [0.29, 0.717) is 17.1 Å². The molecule has 5 nitrogen and oxygen atoms in total. The Hall–Kier alpha value is -3.02. The molecule has 1 heterocycles. The molecule has 6 heteroatoms. The highest BCUT2D eigenvalue weighted by molar-refractivity contribution is 6.30. The Kier molecular flexibility index (Phi) is 7.21. The van der Waals surface area contributed by atoms with Crippen LogP contribution in [0.1, 0.15) is 34.3 Å². The third kappa shape index (κ3) is 5.49. The lowest BCUT2D eigenvalue weighted by atomic mass is 9.99. The summed E-state index contributed by atoms with van der Waals surface area (Å²) in [6.07, 6.45) is 1.68. The largest absolute Gasteiger partial charge is 0.508 e. The minimum Gasteiger partial charge on any atom is -0.508 e. The third-order valence-electron chi connectivity index (χ3n) is 6.23. The SMILES string of the molecule is COc1ccc(N(C(=O)c2ccc(C)cc2)C2CCN(Cc3cc(Cl)ccc3O)CC2)cc1. The van der Waals surface area contributed by atoms with E-state index in [1.54, 1.807) is 19.2 Å². The summed E-state index contributed by atoms with van der Waals surface area (Å²) in [7, 11) is 1.64. The van der Waals surface area contributed by atoms with Crippen LogP contribution < -0.4 is 9.64 Å². The summed E-state index contributed by atoms with van der Waals surface area (Å²) in [4.78, 5) is 17.8. The van der Waals surface area contributed by atoms with Crippen molar-refractivity contribution in [2.75, 3.05) is 25.1 Å². The lowest BCUT2D eigenvalue weighted by Gasteiger charge is -2.39. The Balaban J connectivity index is 1.53. The first kappa shape index (κ1) is 23.1. The van der Waals surface area contributed by atoms with Crippen molar-refractivity contribution in [2.45, 2.75) is 32.4 Å². The number of methoxy groups -OCH3 is 1. The molecular formula is C27H29ClN2O3. The van der Waals surface area contributed by atoms with Crippen molar-refractivity contribution < 1.29 is 14.6 Å². The topological polar surface area (TPSA) is 53.0 Å². The van der Waals surface area contributed by atoms with Crippen LogP contribution in [0.15, 0.2) is 66.7 Å². The van der Waals surface area contributed by atoms with E-state index in [1.807, 2.05) is 66.4 Å². The molecule has 0 aromatic heterocycles. The molecule has 1 aliphatic heterocycles.